The highest BCUT2D eigenvalue weighted by molar-refractivity contribution is 7.87. The molecule has 0 fully saturated rings. The van der Waals surface area contributed by atoms with Crippen molar-refractivity contribution < 1.29 is 37.3 Å². The second-order valence-corrected chi connectivity index (χ2v) is 7.52. The fourth-order valence-corrected chi connectivity index (χ4v) is 3.88. The Kier molecular flexibility index (Phi) is 6.44. The zero-order valence-electron chi connectivity index (χ0n) is 14.2. The van der Waals surface area contributed by atoms with Gasteiger partial charge in [0.1, 0.15) is 5.75 Å². The number of nitro groups is 1. The normalized spacial score (nSPS) is 13.4. The topological polar surface area (TPSA) is 153 Å². The van der Waals surface area contributed by atoms with Gasteiger partial charge in [-0.05, 0) is 23.8 Å². The predicted octanol–water partition coefficient (Wildman–Crippen LogP) is 2.15. The van der Waals surface area contributed by atoms with E-state index >= 15 is 0 Å². The summed E-state index contributed by atoms with van der Waals surface area (Å²) in [7, 11) is -3.53. The van der Waals surface area contributed by atoms with Crippen LogP contribution in [0.15, 0.2) is 42.5 Å². The third kappa shape index (κ3) is 4.68. The number of methoxy groups -OCH3 is 1. The fraction of sp³-hybridized carbons (Fsp3) is 0.188. The van der Waals surface area contributed by atoms with Crippen LogP contribution in [-0.2, 0) is 14.9 Å². The van der Waals surface area contributed by atoms with Gasteiger partial charge in [-0.3, -0.25) is 10.1 Å². The van der Waals surface area contributed by atoms with Gasteiger partial charge in [0.15, 0.2) is 11.4 Å². The van der Waals surface area contributed by atoms with Crippen LogP contribution in [0.1, 0.15) is 10.8 Å². The maximum atomic E-state index is 12.7. The summed E-state index contributed by atoms with van der Waals surface area (Å²) in [5.41, 5.74) is -0.827. The highest BCUT2D eigenvalue weighted by Crippen LogP contribution is 2.35. The van der Waals surface area contributed by atoms with Gasteiger partial charge < -0.3 is 19.1 Å². The second-order valence-electron chi connectivity index (χ2n) is 5.42. The summed E-state index contributed by atoms with van der Waals surface area (Å²) in [6, 6.07) is 8.15. The van der Waals surface area contributed by atoms with E-state index in [1.165, 1.54) is 31.4 Å². The lowest BCUT2D eigenvalue weighted by molar-refractivity contribution is -0.385. The lowest BCUT2D eigenvalue weighted by atomic mass is 10.1. The van der Waals surface area contributed by atoms with E-state index in [9.17, 15) is 28.4 Å². The Balaban J connectivity index is 2.54. The van der Waals surface area contributed by atoms with E-state index in [-0.39, 0.29) is 10.6 Å². The molecule has 2 N–H and O–H groups in total. The fourth-order valence-electron chi connectivity index (χ4n) is 2.31. The van der Waals surface area contributed by atoms with Crippen LogP contribution in [0, 0.1) is 10.1 Å². The number of aliphatic carboxylic acids is 1. The molecule has 2 atom stereocenters. The Morgan fingerprint density at radius 1 is 1.21 bits per heavy atom. The average Bonchev–Trinajstić information content (AvgIpc) is 2.61. The van der Waals surface area contributed by atoms with Crippen molar-refractivity contribution in [3.8, 4) is 11.5 Å². The molecule has 0 aromatic heterocycles. The molecule has 0 aliphatic heterocycles. The smallest absolute Gasteiger partial charge is 0.334 e. The molecule has 150 valence electrons. The maximum Gasteiger partial charge on any atom is 0.334 e. The molecule has 0 amide bonds. The van der Waals surface area contributed by atoms with Crippen LogP contribution in [0.3, 0.4) is 0 Å². The molecule has 2 rings (SSSR count). The molecule has 0 aliphatic carbocycles. The minimum absolute atomic E-state index is 0.0458. The third-order valence-electron chi connectivity index (χ3n) is 3.62. The van der Waals surface area contributed by atoms with Gasteiger partial charge in [-0.1, -0.05) is 23.7 Å². The highest BCUT2D eigenvalue weighted by Gasteiger charge is 2.41. The lowest BCUT2D eigenvalue weighted by Gasteiger charge is -2.21. The molecule has 2 aromatic carbocycles. The summed E-state index contributed by atoms with van der Waals surface area (Å²) in [5, 5.41) is 28.1. The molecule has 0 aliphatic rings. The van der Waals surface area contributed by atoms with E-state index in [1.807, 2.05) is 0 Å². The highest BCUT2D eigenvalue weighted by atomic mass is 35.5. The number of aliphatic hydroxyl groups excluding tert-OH is 1. The maximum absolute atomic E-state index is 12.7. The third-order valence-corrected chi connectivity index (χ3v) is 5.42. The van der Waals surface area contributed by atoms with Gasteiger partial charge in [-0.25, -0.2) is 4.79 Å². The summed E-state index contributed by atoms with van der Waals surface area (Å²) < 4.78 is 35.2. The molecule has 10 nitrogen and oxygen atoms in total. The molecule has 2 aromatic rings. The first-order valence-corrected chi connectivity index (χ1v) is 9.34. The van der Waals surface area contributed by atoms with E-state index < -0.39 is 43.8 Å². The Morgan fingerprint density at radius 3 is 2.32 bits per heavy atom. The van der Waals surface area contributed by atoms with Crippen LogP contribution in [0.4, 0.5) is 5.69 Å². The van der Waals surface area contributed by atoms with Crippen molar-refractivity contribution in [1.82, 2.24) is 0 Å². The number of nitrogens with zero attached hydrogens (tertiary/aromatic N) is 1. The summed E-state index contributed by atoms with van der Waals surface area (Å²) in [5.74, 6) is -2.18. The summed E-state index contributed by atoms with van der Waals surface area (Å²) in [4.78, 5) is 21.5. The first-order chi connectivity index (χ1) is 13.1. The molecule has 12 heteroatoms. The molecule has 0 spiro atoms. The average molecular weight is 432 g/mol. The van der Waals surface area contributed by atoms with Crippen molar-refractivity contribution >= 4 is 33.4 Å². The number of benzene rings is 2. The molecular weight excluding hydrogens is 418 g/mol. The summed E-state index contributed by atoms with van der Waals surface area (Å²) in [6.45, 7) is 0. The Bertz CT molecular complexity index is 992. The van der Waals surface area contributed by atoms with Gasteiger partial charge in [-0.15, -0.1) is 0 Å². The van der Waals surface area contributed by atoms with Crippen molar-refractivity contribution in [2.75, 3.05) is 7.11 Å². The second kappa shape index (κ2) is 8.42. The van der Waals surface area contributed by atoms with Gasteiger partial charge in [0.05, 0.1) is 12.0 Å². The van der Waals surface area contributed by atoms with Crippen LogP contribution in [0.5, 0.6) is 11.5 Å². The first kappa shape index (κ1) is 21.4. The van der Waals surface area contributed by atoms with Gasteiger partial charge in [-0.2, -0.15) is 8.42 Å². The van der Waals surface area contributed by atoms with E-state index in [2.05, 4.69) is 0 Å². The molecular formula is C16H14ClNO9S. The van der Waals surface area contributed by atoms with Crippen molar-refractivity contribution in [3.05, 3.63) is 63.2 Å². The minimum atomic E-state index is -4.90. The van der Waals surface area contributed by atoms with Gasteiger partial charge in [0, 0.05) is 17.2 Å². The molecule has 0 heterocycles. The van der Waals surface area contributed by atoms with E-state index in [0.29, 0.717) is 5.75 Å². The number of carboxylic acids is 1. The molecule has 2 unspecified atom stereocenters. The number of aliphatic hydroxyl groups is 1. The summed E-state index contributed by atoms with van der Waals surface area (Å²) >= 11 is 5.74. The Morgan fingerprint density at radius 2 is 1.82 bits per heavy atom. The van der Waals surface area contributed by atoms with Crippen molar-refractivity contribution in [2.45, 2.75) is 11.4 Å². The Hall–Kier alpha value is -2.89. The van der Waals surface area contributed by atoms with Crippen LogP contribution >= 0.6 is 11.6 Å². The molecule has 0 radical (unpaired) electrons. The van der Waals surface area contributed by atoms with Gasteiger partial charge >= 0.3 is 21.8 Å². The number of halogens is 1. The monoisotopic (exact) mass is 431 g/mol. The number of nitro benzene ring substituents is 1. The quantitative estimate of drug-likeness (QED) is 0.363. The van der Waals surface area contributed by atoms with Crippen molar-refractivity contribution in [1.29, 1.82) is 0 Å². The van der Waals surface area contributed by atoms with E-state index in [0.717, 1.165) is 18.2 Å². The van der Waals surface area contributed by atoms with E-state index in [1.54, 1.807) is 0 Å². The zero-order chi connectivity index (χ0) is 21.1. The largest absolute Gasteiger partial charge is 0.497 e. The number of hydrogen-bond acceptors (Lipinski definition) is 8. The van der Waals surface area contributed by atoms with E-state index in [4.69, 9.17) is 25.6 Å². The molecule has 0 bridgehead atoms. The number of rotatable bonds is 8. The molecule has 0 saturated heterocycles. The molecule has 0 saturated carbocycles. The number of ether oxygens (including phenoxy) is 1. The number of carboxylic acid groups (broad SMARTS) is 1. The predicted molar refractivity (Wildman–Crippen MR) is 97.0 cm³/mol. The van der Waals surface area contributed by atoms with Crippen LogP contribution < -0.4 is 8.92 Å². The SMILES string of the molecule is COc1ccc(C(C(O)C(=O)O)S(=O)(=O)Oc2cc(Cl)ccc2[N+](=O)[O-])cc1. The van der Waals surface area contributed by atoms with Crippen LogP contribution in [-0.4, -0.2) is 42.7 Å². The van der Waals surface area contributed by atoms with Crippen LogP contribution in [0.2, 0.25) is 5.02 Å². The standard InChI is InChI=1S/C16H14ClNO9S/c1-26-11-5-2-9(3-6-11)15(14(19)16(20)21)28(24,25)27-13-8-10(17)4-7-12(13)18(22)23/h2-8,14-15,19H,1H3,(H,20,21). The Labute approximate surface area is 164 Å². The van der Waals surface area contributed by atoms with Crippen LogP contribution in [0.25, 0.3) is 0 Å². The minimum Gasteiger partial charge on any atom is -0.497 e. The van der Waals surface area contributed by atoms with Crippen molar-refractivity contribution in [2.24, 2.45) is 0 Å². The zero-order valence-corrected chi connectivity index (χ0v) is 15.8. The summed E-state index contributed by atoms with van der Waals surface area (Å²) in [6.07, 6.45) is -2.41. The van der Waals surface area contributed by atoms with Gasteiger partial charge in [0.2, 0.25) is 5.75 Å². The number of hydrogen-bond donors (Lipinski definition) is 2. The molecule has 28 heavy (non-hydrogen) atoms. The first-order valence-electron chi connectivity index (χ1n) is 7.49. The number of carbonyl (C=O) groups is 1. The lowest BCUT2D eigenvalue weighted by Crippen LogP contribution is -2.35. The van der Waals surface area contributed by atoms with Gasteiger partial charge in [0.25, 0.3) is 0 Å². The van der Waals surface area contributed by atoms with Crippen molar-refractivity contribution in [3.63, 3.8) is 0 Å².